The molecule has 1 fully saturated rings. The molecule has 1 saturated heterocycles. The van der Waals surface area contributed by atoms with Gasteiger partial charge < -0.3 is 15.3 Å². The Morgan fingerprint density at radius 3 is 2.60 bits per heavy atom. The Kier molecular flexibility index (Phi) is 6.92. The molecule has 0 aromatic carbocycles. The number of carboxylic acids is 1. The zero-order valence-corrected chi connectivity index (χ0v) is 12.1. The monoisotopic (exact) mass is 280 g/mol. The SMILES string of the molecule is C#CC(CCC)NC(=O)N1CCC(CCC(=O)O)CC1. The number of amides is 2. The molecule has 0 aliphatic carbocycles. The topological polar surface area (TPSA) is 69.6 Å². The summed E-state index contributed by atoms with van der Waals surface area (Å²) >= 11 is 0. The average Bonchev–Trinajstić information content (AvgIpc) is 2.45. The van der Waals surface area contributed by atoms with Crippen LogP contribution < -0.4 is 5.32 Å². The number of hydrogen-bond acceptors (Lipinski definition) is 2. The van der Waals surface area contributed by atoms with Crippen molar-refractivity contribution in [1.29, 1.82) is 0 Å². The molecule has 1 heterocycles. The first-order valence-electron chi connectivity index (χ1n) is 7.30. The Morgan fingerprint density at radius 2 is 2.10 bits per heavy atom. The zero-order chi connectivity index (χ0) is 15.0. The molecule has 1 atom stereocenters. The highest BCUT2D eigenvalue weighted by atomic mass is 16.4. The number of hydrogen-bond donors (Lipinski definition) is 2. The summed E-state index contributed by atoms with van der Waals surface area (Å²) < 4.78 is 0. The molecule has 5 heteroatoms. The molecular formula is C15H24N2O3. The summed E-state index contributed by atoms with van der Waals surface area (Å²) in [7, 11) is 0. The first kappa shape index (κ1) is 16.4. The molecule has 0 radical (unpaired) electrons. The van der Waals surface area contributed by atoms with Crippen LogP contribution in [0.5, 0.6) is 0 Å². The van der Waals surface area contributed by atoms with Crippen LogP contribution >= 0.6 is 0 Å². The fourth-order valence-electron chi connectivity index (χ4n) is 2.48. The van der Waals surface area contributed by atoms with E-state index in [4.69, 9.17) is 11.5 Å². The molecule has 0 aromatic rings. The van der Waals surface area contributed by atoms with Gasteiger partial charge in [-0.3, -0.25) is 4.79 Å². The normalized spacial score (nSPS) is 17.3. The highest BCUT2D eigenvalue weighted by Crippen LogP contribution is 2.21. The smallest absolute Gasteiger partial charge is 0.318 e. The minimum atomic E-state index is -0.749. The summed E-state index contributed by atoms with van der Waals surface area (Å²) in [6.07, 6.45) is 9.77. The van der Waals surface area contributed by atoms with Gasteiger partial charge in [-0.05, 0) is 31.6 Å². The number of nitrogens with one attached hydrogen (secondary N) is 1. The van der Waals surface area contributed by atoms with Crippen LogP contribution in [-0.2, 0) is 4.79 Å². The van der Waals surface area contributed by atoms with E-state index in [0.29, 0.717) is 25.4 Å². The second-order valence-corrected chi connectivity index (χ2v) is 5.32. The summed E-state index contributed by atoms with van der Waals surface area (Å²) in [5, 5.41) is 11.5. The van der Waals surface area contributed by atoms with E-state index in [0.717, 1.165) is 25.7 Å². The molecule has 20 heavy (non-hydrogen) atoms. The van der Waals surface area contributed by atoms with Gasteiger partial charge in [0.05, 0.1) is 6.04 Å². The van der Waals surface area contributed by atoms with Gasteiger partial charge in [0.2, 0.25) is 0 Å². The van der Waals surface area contributed by atoms with Gasteiger partial charge in [0, 0.05) is 19.5 Å². The third kappa shape index (κ3) is 5.52. The molecular weight excluding hydrogens is 256 g/mol. The number of carbonyl (C=O) groups excluding carboxylic acids is 1. The number of carbonyl (C=O) groups is 2. The van der Waals surface area contributed by atoms with Gasteiger partial charge in [0.1, 0.15) is 0 Å². The zero-order valence-electron chi connectivity index (χ0n) is 12.1. The van der Waals surface area contributed by atoms with Gasteiger partial charge in [-0.2, -0.15) is 0 Å². The van der Waals surface area contributed by atoms with Gasteiger partial charge in [0.15, 0.2) is 0 Å². The van der Waals surface area contributed by atoms with Crippen molar-refractivity contribution in [3.8, 4) is 12.3 Å². The van der Waals surface area contributed by atoms with E-state index in [1.165, 1.54) is 0 Å². The summed E-state index contributed by atoms with van der Waals surface area (Å²) in [6.45, 7) is 3.39. The summed E-state index contributed by atoms with van der Waals surface area (Å²) in [4.78, 5) is 24.4. The number of piperidine rings is 1. The van der Waals surface area contributed by atoms with Crippen molar-refractivity contribution in [2.45, 2.75) is 51.5 Å². The van der Waals surface area contributed by atoms with Crippen LogP contribution in [0.4, 0.5) is 4.79 Å². The molecule has 5 nitrogen and oxygen atoms in total. The Bertz CT molecular complexity index is 368. The second kappa shape index (κ2) is 8.47. The number of carboxylic acid groups (broad SMARTS) is 1. The van der Waals surface area contributed by atoms with E-state index in [-0.39, 0.29) is 18.5 Å². The van der Waals surface area contributed by atoms with Crippen LogP contribution in [0.25, 0.3) is 0 Å². The van der Waals surface area contributed by atoms with E-state index in [9.17, 15) is 9.59 Å². The molecule has 0 bridgehead atoms. The predicted octanol–water partition coefficient (Wildman–Crippen LogP) is 2.07. The van der Waals surface area contributed by atoms with E-state index in [2.05, 4.69) is 11.2 Å². The number of nitrogens with zero attached hydrogens (tertiary/aromatic N) is 1. The quantitative estimate of drug-likeness (QED) is 0.732. The lowest BCUT2D eigenvalue weighted by Gasteiger charge is -2.32. The van der Waals surface area contributed by atoms with Crippen molar-refractivity contribution in [3.05, 3.63) is 0 Å². The largest absolute Gasteiger partial charge is 0.481 e. The maximum atomic E-state index is 12.0. The molecule has 2 N–H and O–H groups in total. The van der Waals surface area contributed by atoms with Crippen molar-refractivity contribution in [2.24, 2.45) is 5.92 Å². The van der Waals surface area contributed by atoms with Crippen LogP contribution in [0.15, 0.2) is 0 Å². The van der Waals surface area contributed by atoms with E-state index >= 15 is 0 Å². The van der Waals surface area contributed by atoms with Gasteiger partial charge >= 0.3 is 12.0 Å². The summed E-state index contributed by atoms with van der Waals surface area (Å²) in [6, 6.07) is -0.296. The average molecular weight is 280 g/mol. The molecule has 0 saturated carbocycles. The lowest BCUT2D eigenvalue weighted by Crippen LogP contribution is -2.47. The standard InChI is InChI=1S/C15H24N2O3/c1-3-5-13(4-2)16-15(20)17-10-8-12(9-11-17)6-7-14(18)19/h2,12-13H,3,5-11H2,1H3,(H,16,20)(H,18,19). The Labute approximate surface area is 120 Å². The summed E-state index contributed by atoms with van der Waals surface area (Å²) in [5.41, 5.74) is 0. The lowest BCUT2D eigenvalue weighted by molar-refractivity contribution is -0.137. The van der Waals surface area contributed by atoms with E-state index in [1.807, 2.05) is 6.92 Å². The number of likely N-dealkylation sites (tertiary alicyclic amines) is 1. The molecule has 1 unspecified atom stereocenters. The van der Waals surface area contributed by atoms with Crippen LogP contribution in [0.3, 0.4) is 0 Å². The Hall–Kier alpha value is -1.70. The minimum absolute atomic E-state index is 0.0990. The molecule has 1 aliphatic rings. The molecule has 0 spiro atoms. The van der Waals surface area contributed by atoms with E-state index < -0.39 is 5.97 Å². The van der Waals surface area contributed by atoms with Crippen LogP contribution in [0, 0.1) is 18.3 Å². The van der Waals surface area contributed by atoms with Gasteiger partial charge in [0.25, 0.3) is 0 Å². The maximum Gasteiger partial charge on any atom is 0.318 e. The Morgan fingerprint density at radius 1 is 1.45 bits per heavy atom. The highest BCUT2D eigenvalue weighted by Gasteiger charge is 2.24. The number of aliphatic carboxylic acids is 1. The molecule has 1 aliphatic heterocycles. The van der Waals surface area contributed by atoms with Crippen LogP contribution in [0.2, 0.25) is 0 Å². The van der Waals surface area contributed by atoms with Gasteiger partial charge in [-0.15, -0.1) is 6.42 Å². The van der Waals surface area contributed by atoms with Gasteiger partial charge in [-0.25, -0.2) is 4.79 Å². The van der Waals surface area contributed by atoms with Crippen molar-refractivity contribution < 1.29 is 14.7 Å². The predicted molar refractivity (Wildman–Crippen MR) is 77.2 cm³/mol. The number of terminal acetylenes is 1. The van der Waals surface area contributed by atoms with Crippen molar-refractivity contribution in [1.82, 2.24) is 10.2 Å². The third-order valence-electron chi connectivity index (χ3n) is 3.74. The van der Waals surface area contributed by atoms with Gasteiger partial charge in [-0.1, -0.05) is 19.3 Å². The van der Waals surface area contributed by atoms with E-state index in [1.54, 1.807) is 4.90 Å². The number of urea groups is 1. The lowest BCUT2D eigenvalue weighted by atomic mass is 9.92. The maximum absolute atomic E-state index is 12.0. The van der Waals surface area contributed by atoms with Crippen molar-refractivity contribution in [2.75, 3.05) is 13.1 Å². The van der Waals surface area contributed by atoms with Crippen LogP contribution in [0.1, 0.15) is 45.4 Å². The second-order valence-electron chi connectivity index (χ2n) is 5.32. The first-order valence-corrected chi connectivity index (χ1v) is 7.30. The first-order chi connectivity index (χ1) is 9.56. The highest BCUT2D eigenvalue weighted by molar-refractivity contribution is 5.75. The fourth-order valence-corrected chi connectivity index (χ4v) is 2.48. The molecule has 2 amide bonds. The molecule has 0 aromatic heterocycles. The number of rotatable bonds is 6. The molecule has 112 valence electrons. The Balaban J connectivity index is 2.32. The fraction of sp³-hybridized carbons (Fsp3) is 0.733. The summed E-state index contributed by atoms with van der Waals surface area (Å²) in [5.74, 6) is 2.25. The third-order valence-corrected chi connectivity index (χ3v) is 3.74. The van der Waals surface area contributed by atoms with Crippen molar-refractivity contribution >= 4 is 12.0 Å². The van der Waals surface area contributed by atoms with Crippen LogP contribution in [-0.4, -0.2) is 41.1 Å². The van der Waals surface area contributed by atoms with Crippen molar-refractivity contribution in [3.63, 3.8) is 0 Å². The molecule has 1 rings (SSSR count). The minimum Gasteiger partial charge on any atom is -0.481 e.